The molecule has 7 heteroatoms. The van der Waals surface area contributed by atoms with Crippen molar-refractivity contribution in [3.63, 3.8) is 0 Å². The first-order valence-electron chi connectivity index (χ1n) is 11.0. The number of rotatable bonds is 7. The van der Waals surface area contributed by atoms with Crippen LogP contribution in [0.3, 0.4) is 0 Å². The van der Waals surface area contributed by atoms with Crippen LogP contribution in [-0.4, -0.2) is 32.9 Å². The van der Waals surface area contributed by atoms with Gasteiger partial charge in [-0.1, -0.05) is 25.3 Å². The van der Waals surface area contributed by atoms with Crippen LogP contribution in [0.5, 0.6) is 0 Å². The molecule has 0 radical (unpaired) electrons. The quantitative estimate of drug-likeness (QED) is 0.607. The number of aryl methyl sites for hydroxylation is 2. The van der Waals surface area contributed by atoms with Gasteiger partial charge in [-0.25, -0.2) is 4.98 Å². The summed E-state index contributed by atoms with van der Waals surface area (Å²) in [4.78, 5) is 33.5. The Bertz CT molecular complexity index is 1050. The normalized spacial score (nSPS) is 14.5. The lowest BCUT2D eigenvalue weighted by Crippen LogP contribution is -2.30. The van der Waals surface area contributed by atoms with Gasteiger partial charge in [0.05, 0.1) is 23.0 Å². The van der Waals surface area contributed by atoms with Gasteiger partial charge in [-0.3, -0.25) is 14.6 Å². The molecule has 7 nitrogen and oxygen atoms in total. The van der Waals surface area contributed by atoms with Crippen molar-refractivity contribution in [3.05, 3.63) is 54.1 Å². The van der Waals surface area contributed by atoms with E-state index in [1.54, 1.807) is 24.7 Å². The summed E-state index contributed by atoms with van der Waals surface area (Å²) in [6, 6.07) is 9.40. The van der Waals surface area contributed by atoms with Gasteiger partial charge in [0, 0.05) is 43.9 Å². The second kappa shape index (κ2) is 9.73. The van der Waals surface area contributed by atoms with Gasteiger partial charge in [-0.05, 0) is 43.0 Å². The highest BCUT2D eigenvalue weighted by molar-refractivity contribution is 6.05. The average Bonchev–Trinajstić information content (AvgIpc) is 3.20. The summed E-state index contributed by atoms with van der Waals surface area (Å²) in [7, 11) is 0. The number of hydrogen-bond acceptors (Lipinski definition) is 4. The number of pyridine rings is 1. The SMILES string of the molecule is CC(=O)Nc1cc(C(=O)NCC2CCCCC2)cc2ncn(CCc3ccccn3)c12. The van der Waals surface area contributed by atoms with E-state index in [0.29, 0.717) is 35.8 Å². The number of benzene rings is 1. The summed E-state index contributed by atoms with van der Waals surface area (Å²) < 4.78 is 2.00. The number of aromatic nitrogens is 3. The van der Waals surface area contributed by atoms with Gasteiger partial charge >= 0.3 is 0 Å². The minimum absolute atomic E-state index is 0.123. The Morgan fingerprint density at radius 3 is 2.71 bits per heavy atom. The molecular formula is C24H29N5O2. The molecule has 2 amide bonds. The van der Waals surface area contributed by atoms with Crippen molar-refractivity contribution in [2.24, 2.45) is 5.92 Å². The molecule has 1 saturated carbocycles. The maximum Gasteiger partial charge on any atom is 0.251 e. The van der Waals surface area contributed by atoms with Crippen LogP contribution in [0, 0.1) is 5.92 Å². The molecule has 0 aliphatic heterocycles. The highest BCUT2D eigenvalue weighted by atomic mass is 16.2. The van der Waals surface area contributed by atoms with Crippen molar-refractivity contribution in [1.82, 2.24) is 19.9 Å². The average molecular weight is 420 g/mol. The molecule has 1 fully saturated rings. The van der Waals surface area contributed by atoms with Gasteiger partial charge in [0.15, 0.2) is 0 Å². The number of nitrogens with one attached hydrogen (secondary N) is 2. The molecule has 2 heterocycles. The molecule has 2 aromatic heterocycles. The highest BCUT2D eigenvalue weighted by Gasteiger charge is 2.18. The Morgan fingerprint density at radius 2 is 1.97 bits per heavy atom. The molecule has 0 bridgehead atoms. The maximum absolute atomic E-state index is 12.8. The Balaban J connectivity index is 1.55. The molecule has 0 atom stereocenters. The number of hydrogen-bond donors (Lipinski definition) is 2. The first-order valence-corrected chi connectivity index (χ1v) is 11.0. The molecule has 1 aromatic carbocycles. The summed E-state index contributed by atoms with van der Waals surface area (Å²) in [6.45, 7) is 2.84. The zero-order chi connectivity index (χ0) is 21.6. The molecule has 162 valence electrons. The molecule has 0 spiro atoms. The van der Waals surface area contributed by atoms with Crippen LogP contribution in [0.15, 0.2) is 42.9 Å². The number of nitrogens with zero attached hydrogens (tertiary/aromatic N) is 3. The second-order valence-electron chi connectivity index (χ2n) is 8.30. The van der Waals surface area contributed by atoms with E-state index in [2.05, 4.69) is 20.6 Å². The molecule has 1 aliphatic carbocycles. The van der Waals surface area contributed by atoms with E-state index in [4.69, 9.17) is 0 Å². The molecule has 31 heavy (non-hydrogen) atoms. The Hall–Kier alpha value is -3.22. The van der Waals surface area contributed by atoms with Gasteiger partial charge in [0.25, 0.3) is 5.91 Å². The van der Waals surface area contributed by atoms with Gasteiger partial charge in [-0.15, -0.1) is 0 Å². The second-order valence-corrected chi connectivity index (χ2v) is 8.30. The lowest BCUT2D eigenvalue weighted by atomic mass is 9.89. The third-order valence-electron chi connectivity index (χ3n) is 5.90. The number of fused-ring (bicyclic) bond motifs is 1. The van der Waals surface area contributed by atoms with Crippen molar-refractivity contribution in [2.75, 3.05) is 11.9 Å². The number of anilines is 1. The summed E-state index contributed by atoms with van der Waals surface area (Å²) in [6.07, 6.45) is 10.4. The molecule has 1 aliphatic rings. The topological polar surface area (TPSA) is 88.9 Å². The molecular weight excluding hydrogens is 390 g/mol. The Kier molecular flexibility index (Phi) is 6.60. The summed E-state index contributed by atoms with van der Waals surface area (Å²) >= 11 is 0. The van der Waals surface area contributed by atoms with Crippen LogP contribution in [0.2, 0.25) is 0 Å². The summed E-state index contributed by atoms with van der Waals surface area (Å²) in [5, 5.41) is 5.95. The number of imidazole rings is 1. The fourth-order valence-electron chi connectivity index (χ4n) is 4.31. The van der Waals surface area contributed by atoms with Gasteiger partial charge in [0.2, 0.25) is 5.91 Å². The standard InChI is InChI=1S/C24H29N5O2/c1-17(30)28-22-14-19(24(31)26-15-18-7-3-2-4-8-18)13-21-23(22)29(16-27-21)12-10-20-9-5-6-11-25-20/h5-6,9,11,13-14,16,18H,2-4,7-8,10,12,15H2,1H3,(H,26,31)(H,28,30). The fourth-order valence-corrected chi connectivity index (χ4v) is 4.31. The van der Waals surface area contributed by atoms with E-state index in [1.807, 2.05) is 22.8 Å². The largest absolute Gasteiger partial charge is 0.352 e. The van der Waals surface area contributed by atoms with Gasteiger partial charge in [0.1, 0.15) is 0 Å². The minimum atomic E-state index is -0.182. The first-order chi connectivity index (χ1) is 15.1. The van der Waals surface area contributed by atoms with Crippen LogP contribution in [0.25, 0.3) is 11.0 Å². The van der Waals surface area contributed by atoms with Crippen LogP contribution < -0.4 is 10.6 Å². The zero-order valence-corrected chi connectivity index (χ0v) is 17.9. The van der Waals surface area contributed by atoms with Gasteiger partial charge in [-0.2, -0.15) is 0 Å². The van der Waals surface area contributed by atoms with E-state index < -0.39 is 0 Å². The van der Waals surface area contributed by atoms with Crippen LogP contribution in [0.1, 0.15) is 55.1 Å². The van der Waals surface area contributed by atoms with Crippen molar-refractivity contribution in [1.29, 1.82) is 0 Å². The van der Waals surface area contributed by atoms with Crippen molar-refractivity contribution in [3.8, 4) is 0 Å². The van der Waals surface area contributed by atoms with Crippen molar-refractivity contribution in [2.45, 2.75) is 52.0 Å². The molecule has 4 rings (SSSR count). The third kappa shape index (κ3) is 5.29. The van der Waals surface area contributed by atoms with Crippen LogP contribution >= 0.6 is 0 Å². The van der Waals surface area contributed by atoms with Crippen molar-refractivity contribution < 1.29 is 9.59 Å². The molecule has 2 N–H and O–H groups in total. The lowest BCUT2D eigenvalue weighted by molar-refractivity contribution is -0.114. The summed E-state index contributed by atoms with van der Waals surface area (Å²) in [5.74, 6) is 0.253. The Morgan fingerprint density at radius 1 is 1.13 bits per heavy atom. The number of carbonyl (C=O) groups is 2. The highest BCUT2D eigenvalue weighted by Crippen LogP contribution is 2.26. The number of carbonyl (C=O) groups excluding carboxylic acids is 2. The summed E-state index contributed by atoms with van der Waals surface area (Å²) in [5.41, 5.74) is 3.61. The number of amides is 2. The smallest absolute Gasteiger partial charge is 0.251 e. The zero-order valence-electron chi connectivity index (χ0n) is 17.9. The van der Waals surface area contributed by atoms with Gasteiger partial charge < -0.3 is 15.2 Å². The molecule has 0 unspecified atom stereocenters. The minimum Gasteiger partial charge on any atom is -0.352 e. The predicted molar refractivity (Wildman–Crippen MR) is 121 cm³/mol. The van der Waals surface area contributed by atoms with Crippen molar-refractivity contribution >= 4 is 28.5 Å². The third-order valence-corrected chi connectivity index (χ3v) is 5.90. The van der Waals surface area contributed by atoms with E-state index in [1.165, 1.54) is 39.0 Å². The fraction of sp³-hybridized carbons (Fsp3) is 0.417. The van der Waals surface area contributed by atoms with E-state index >= 15 is 0 Å². The molecule has 3 aromatic rings. The van der Waals surface area contributed by atoms with E-state index in [9.17, 15) is 9.59 Å². The maximum atomic E-state index is 12.8. The predicted octanol–water partition coefficient (Wildman–Crippen LogP) is 3.94. The molecule has 0 saturated heterocycles. The van der Waals surface area contributed by atoms with E-state index in [0.717, 1.165) is 17.6 Å². The lowest BCUT2D eigenvalue weighted by Gasteiger charge is -2.21. The monoisotopic (exact) mass is 419 g/mol. The van der Waals surface area contributed by atoms with Crippen LogP contribution in [0.4, 0.5) is 5.69 Å². The van der Waals surface area contributed by atoms with Crippen LogP contribution in [-0.2, 0) is 17.8 Å². The Labute approximate surface area is 182 Å². The van der Waals surface area contributed by atoms with E-state index in [-0.39, 0.29) is 11.8 Å². The first kappa shape index (κ1) is 21.0.